The summed E-state index contributed by atoms with van der Waals surface area (Å²) in [5.41, 5.74) is 1.35. The van der Waals surface area contributed by atoms with Gasteiger partial charge in [0, 0.05) is 6.42 Å². The van der Waals surface area contributed by atoms with Crippen molar-refractivity contribution in [3.63, 3.8) is 0 Å². The molecule has 1 fully saturated rings. The predicted molar refractivity (Wildman–Crippen MR) is 130 cm³/mol. The number of ether oxygens (including phenoxy) is 5. The average molecular weight is 486 g/mol. The van der Waals surface area contributed by atoms with E-state index in [-0.39, 0.29) is 18.8 Å². The highest BCUT2D eigenvalue weighted by molar-refractivity contribution is 5.82. The molecule has 0 radical (unpaired) electrons. The minimum atomic E-state index is -1.05. The van der Waals surface area contributed by atoms with Crippen LogP contribution in [0.25, 0.3) is 0 Å². The molecule has 2 aromatic rings. The van der Waals surface area contributed by atoms with E-state index in [2.05, 4.69) is 5.32 Å². The van der Waals surface area contributed by atoms with Crippen molar-refractivity contribution in [2.45, 2.75) is 70.4 Å². The largest absolute Gasteiger partial charge is 0.467 e. The average Bonchev–Trinajstić information content (AvgIpc) is 2.85. The Bertz CT molecular complexity index is 930. The van der Waals surface area contributed by atoms with Crippen LogP contribution < -0.4 is 5.32 Å². The summed E-state index contributed by atoms with van der Waals surface area (Å²) < 4.78 is 28.7. The van der Waals surface area contributed by atoms with Crippen LogP contribution in [0.5, 0.6) is 0 Å². The lowest BCUT2D eigenvalue weighted by atomic mass is 9.97. The van der Waals surface area contributed by atoms with Crippen molar-refractivity contribution in [3.05, 3.63) is 71.8 Å². The molecule has 3 rings (SSSR count). The predicted octanol–water partition coefficient (Wildman–Crippen LogP) is 4.01. The molecular formula is C27H35NO7. The second-order valence-electron chi connectivity index (χ2n) is 9.42. The van der Waals surface area contributed by atoms with Gasteiger partial charge in [0.05, 0.1) is 39.1 Å². The van der Waals surface area contributed by atoms with E-state index in [0.29, 0.717) is 19.6 Å². The van der Waals surface area contributed by atoms with Crippen molar-refractivity contribution in [2.24, 2.45) is 0 Å². The number of methoxy groups -OCH3 is 1. The zero-order valence-corrected chi connectivity index (χ0v) is 20.8. The number of carbonyl (C=O) groups is 2. The highest BCUT2D eigenvalue weighted by Crippen LogP contribution is 2.25. The Labute approximate surface area is 206 Å². The third-order valence-electron chi connectivity index (χ3n) is 5.47. The Kier molecular flexibility index (Phi) is 9.65. The fourth-order valence-corrected chi connectivity index (χ4v) is 3.76. The number of nitrogens with one attached hydrogen (secondary N) is 1. The number of alkyl carbamates (subject to hydrolysis) is 1. The van der Waals surface area contributed by atoms with Gasteiger partial charge in [-0.05, 0) is 31.9 Å². The molecule has 8 nitrogen and oxygen atoms in total. The van der Waals surface area contributed by atoms with Crippen LogP contribution in [-0.4, -0.2) is 55.7 Å². The maximum absolute atomic E-state index is 12.5. The lowest BCUT2D eigenvalue weighted by Gasteiger charge is -2.38. The normalized spacial score (nSPS) is 21.1. The molecule has 0 spiro atoms. The van der Waals surface area contributed by atoms with Crippen LogP contribution in [0.2, 0.25) is 0 Å². The van der Waals surface area contributed by atoms with Gasteiger partial charge < -0.3 is 29.0 Å². The van der Waals surface area contributed by atoms with E-state index in [1.807, 2.05) is 60.7 Å². The van der Waals surface area contributed by atoms with Crippen LogP contribution in [0.15, 0.2) is 60.7 Å². The zero-order valence-electron chi connectivity index (χ0n) is 20.8. The lowest BCUT2D eigenvalue weighted by molar-refractivity contribution is -0.182. The Morgan fingerprint density at radius 2 is 1.49 bits per heavy atom. The summed E-state index contributed by atoms with van der Waals surface area (Å²) in [6.07, 6.45) is -1.80. The van der Waals surface area contributed by atoms with E-state index in [1.54, 1.807) is 20.8 Å². The first-order valence-corrected chi connectivity index (χ1v) is 11.7. The van der Waals surface area contributed by atoms with Gasteiger partial charge in [0.2, 0.25) is 0 Å². The highest BCUT2D eigenvalue weighted by atomic mass is 16.6. The summed E-state index contributed by atoms with van der Waals surface area (Å²) in [6.45, 7) is 6.23. The minimum Gasteiger partial charge on any atom is -0.467 e. The molecule has 190 valence electrons. The van der Waals surface area contributed by atoms with Crippen molar-refractivity contribution in [1.82, 2.24) is 5.32 Å². The quantitative estimate of drug-likeness (QED) is 0.537. The van der Waals surface area contributed by atoms with Gasteiger partial charge in [0.25, 0.3) is 0 Å². The molecule has 1 saturated heterocycles. The van der Waals surface area contributed by atoms with Crippen LogP contribution in [-0.2, 0) is 41.7 Å². The summed E-state index contributed by atoms with van der Waals surface area (Å²) in [6, 6.07) is 18.6. The molecular weight excluding hydrogens is 450 g/mol. The molecule has 2 aromatic carbocycles. The Morgan fingerprint density at radius 3 is 2.00 bits per heavy atom. The number of hydrogen-bond acceptors (Lipinski definition) is 7. The number of amides is 1. The molecule has 0 bridgehead atoms. The van der Waals surface area contributed by atoms with E-state index >= 15 is 0 Å². The molecule has 1 heterocycles. The van der Waals surface area contributed by atoms with E-state index < -0.39 is 29.8 Å². The maximum Gasteiger partial charge on any atom is 0.408 e. The van der Waals surface area contributed by atoms with Gasteiger partial charge in [-0.15, -0.1) is 0 Å². The molecule has 1 amide bonds. The second kappa shape index (κ2) is 12.7. The van der Waals surface area contributed by atoms with E-state index in [9.17, 15) is 9.59 Å². The van der Waals surface area contributed by atoms with Gasteiger partial charge in [-0.1, -0.05) is 60.7 Å². The third-order valence-corrected chi connectivity index (χ3v) is 5.47. The monoisotopic (exact) mass is 485 g/mol. The summed E-state index contributed by atoms with van der Waals surface area (Å²) in [5.74, 6) is -0.619. The Morgan fingerprint density at radius 1 is 0.943 bits per heavy atom. The van der Waals surface area contributed by atoms with Gasteiger partial charge in [-0.3, -0.25) is 0 Å². The van der Waals surface area contributed by atoms with E-state index in [1.165, 1.54) is 7.11 Å². The first-order valence-electron chi connectivity index (χ1n) is 11.7. The summed E-state index contributed by atoms with van der Waals surface area (Å²) in [7, 11) is 1.27. The summed E-state index contributed by atoms with van der Waals surface area (Å²) in [4.78, 5) is 24.9. The van der Waals surface area contributed by atoms with Gasteiger partial charge in [-0.2, -0.15) is 0 Å². The molecule has 0 aromatic heterocycles. The van der Waals surface area contributed by atoms with Crippen molar-refractivity contribution in [1.29, 1.82) is 0 Å². The number of hydrogen-bond donors (Lipinski definition) is 1. The fraction of sp³-hybridized carbons (Fsp3) is 0.481. The minimum absolute atomic E-state index is 0.195. The van der Waals surface area contributed by atoms with Gasteiger partial charge >= 0.3 is 12.1 Å². The maximum atomic E-state index is 12.5. The summed E-state index contributed by atoms with van der Waals surface area (Å²) >= 11 is 0. The molecule has 8 heteroatoms. The van der Waals surface area contributed by atoms with Crippen molar-refractivity contribution >= 4 is 12.1 Å². The zero-order chi connectivity index (χ0) is 25.3. The molecule has 35 heavy (non-hydrogen) atoms. The Hall–Kier alpha value is -2.94. The second-order valence-corrected chi connectivity index (χ2v) is 9.42. The van der Waals surface area contributed by atoms with Gasteiger partial charge in [0.15, 0.2) is 6.04 Å². The van der Waals surface area contributed by atoms with Crippen LogP contribution >= 0.6 is 0 Å². The molecule has 0 unspecified atom stereocenters. The third kappa shape index (κ3) is 8.65. The Balaban J connectivity index is 1.71. The highest BCUT2D eigenvalue weighted by Gasteiger charge is 2.41. The number of benzene rings is 2. The summed E-state index contributed by atoms with van der Waals surface area (Å²) in [5, 5.41) is 2.60. The van der Waals surface area contributed by atoms with Crippen molar-refractivity contribution < 1.29 is 33.3 Å². The van der Waals surface area contributed by atoms with Crippen molar-refractivity contribution in [2.75, 3.05) is 13.7 Å². The van der Waals surface area contributed by atoms with Crippen molar-refractivity contribution in [3.8, 4) is 0 Å². The van der Waals surface area contributed by atoms with Gasteiger partial charge in [-0.25, -0.2) is 9.59 Å². The lowest BCUT2D eigenvalue weighted by Crippen LogP contribution is -2.56. The first kappa shape index (κ1) is 26.7. The van der Waals surface area contributed by atoms with Crippen LogP contribution in [0.1, 0.15) is 38.3 Å². The number of esters is 1. The molecule has 0 saturated carbocycles. The standard InChI is InChI=1S/C27H35NO7/c1-27(2,3)35-26(30)28-24(25(29)31-4)22-15-21(32-16-19-11-7-5-8-12-19)23(18-34-22)33-17-20-13-9-6-10-14-20/h5-14,21-24H,15-18H2,1-4H3,(H,28,30)/t21-,22-,23+,24+/m0/s1. The molecule has 4 atom stereocenters. The van der Waals surface area contributed by atoms with E-state index in [4.69, 9.17) is 23.7 Å². The fourth-order valence-electron chi connectivity index (χ4n) is 3.76. The molecule has 1 aliphatic heterocycles. The molecule has 0 aliphatic carbocycles. The van der Waals surface area contributed by atoms with Crippen LogP contribution in [0.4, 0.5) is 4.79 Å². The first-order chi connectivity index (χ1) is 16.7. The van der Waals surface area contributed by atoms with Crippen LogP contribution in [0.3, 0.4) is 0 Å². The molecule has 1 aliphatic rings. The topological polar surface area (TPSA) is 92.3 Å². The van der Waals surface area contributed by atoms with E-state index in [0.717, 1.165) is 11.1 Å². The number of carbonyl (C=O) groups excluding carboxylic acids is 2. The molecule has 1 N–H and O–H groups in total. The smallest absolute Gasteiger partial charge is 0.408 e. The van der Waals surface area contributed by atoms with Gasteiger partial charge in [0.1, 0.15) is 11.7 Å². The van der Waals surface area contributed by atoms with Crippen LogP contribution in [0, 0.1) is 0 Å². The SMILES string of the molecule is COC(=O)[C@H](NC(=O)OC(C)(C)C)[C@@H]1C[C@H](OCc2ccccc2)[C@H](OCc2ccccc2)CO1. The number of rotatable bonds is 9.